The fraction of sp³-hybridized carbons (Fsp3) is 0.474. The molecule has 1 aliphatic heterocycles. The van der Waals surface area contributed by atoms with Crippen molar-refractivity contribution in [1.82, 2.24) is 19.9 Å². The Hall–Kier alpha value is -1.95. The highest BCUT2D eigenvalue weighted by Crippen LogP contribution is 2.32. The Balaban J connectivity index is 1.68. The zero-order valence-electron chi connectivity index (χ0n) is 15.0. The summed E-state index contributed by atoms with van der Waals surface area (Å²) < 4.78 is 0. The van der Waals surface area contributed by atoms with Crippen molar-refractivity contribution in [2.24, 2.45) is 0 Å². The van der Waals surface area contributed by atoms with Gasteiger partial charge in [-0.05, 0) is 62.6 Å². The number of thioether (sulfide) groups is 1. The first-order valence-electron chi connectivity index (χ1n) is 8.67. The van der Waals surface area contributed by atoms with Crippen molar-refractivity contribution in [3.05, 3.63) is 47.0 Å². The Morgan fingerprint density at radius 2 is 1.92 bits per heavy atom. The second-order valence-corrected chi connectivity index (χ2v) is 7.16. The van der Waals surface area contributed by atoms with Crippen molar-refractivity contribution in [3.63, 3.8) is 0 Å². The Kier molecular flexibility index (Phi) is 5.68. The average molecular weight is 356 g/mol. The molecule has 1 saturated heterocycles. The van der Waals surface area contributed by atoms with Gasteiger partial charge in [0.2, 0.25) is 5.91 Å². The highest BCUT2D eigenvalue weighted by Gasteiger charge is 2.29. The second-order valence-electron chi connectivity index (χ2n) is 6.39. The maximum atomic E-state index is 12.8. The fourth-order valence-electron chi connectivity index (χ4n) is 3.53. The quantitative estimate of drug-likeness (QED) is 0.606. The Bertz CT molecular complexity index is 727. The molecule has 1 atom stereocenters. The van der Waals surface area contributed by atoms with Gasteiger partial charge < -0.3 is 4.90 Å². The van der Waals surface area contributed by atoms with E-state index in [1.165, 1.54) is 5.56 Å². The molecule has 2 aromatic heterocycles. The number of carbonyl (C=O) groups is 1. The van der Waals surface area contributed by atoms with Gasteiger partial charge in [-0.3, -0.25) is 9.78 Å². The molecule has 132 valence electrons. The van der Waals surface area contributed by atoms with Gasteiger partial charge in [0, 0.05) is 36.7 Å². The molecule has 5 nitrogen and oxygen atoms in total. The van der Waals surface area contributed by atoms with Crippen LogP contribution < -0.4 is 0 Å². The van der Waals surface area contributed by atoms with E-state index in [1.807, 2.05) is 37.1 Å². The van der Waals surface area contributed by atoms with Crippen LogP contribution in [0.5, 0.6) is 0 Å². The van der Waals surface area contributed by atoms with E-state index in [0.29, 0.717) is 12.8 Å². The van der Waals surface area contributed by atoms with E-state index in [2.05, 4.69) is 15.0 Å². The van der Waals surface area contributed by atoms with Gasteiger partial charge in [-0.2, -0.15) is 0 Å². The van der Waals surface area contributed by atoms with E-state index in [1.54, 1.807) is 24.2 Å². The summed E-state index contributed by atoms with van der Waals surface area (Å²) in [5.74, 6) is 0.215. The first kappa shape index (κ1) is 17.9. The molecule has 0 N–H and O–H groups in total. The first-order chi connectivity index (χ1) is 12.1. The number of hydrogen-bond donors (Lipinski definition) is 0. The predicted molar refractivity (Wildman–Crippen MR) is 99.5 cm³/mol. The van der Waals surface area contributed by atoms with Crippen LogP contribution in [0.15, 0.2) is 29.7 Å². The van der Waals surface area contributed by atoms with E-state index in [4.69, 9.17) is 0 Å². The molecule has 0 radical (unpaired) electrons. The molecule has 2 aromatic rings. The van der Waals surface area contributed by atoms with Crippen LogP contribution in [0.4, 0.5) is 0 Å². The van der Waals surface area contributed by atoms with Crippen LogP contribution in [0, 0.1) is 13.8 Å². The van der Waals surface area contributed by atoms with Gasteiger partial charge in [-0.25, -0.2) is 9.97 Å². The molecule has 1 fully saturated rings. The van der Waals surface area contributed by atoms with Crippen molar-refractivity contribution < 1.29 is 4.79 Å². The maximum absolute atomic E-state index is 12.8. The van der Waals surface area contributed by atoms with Crippen LogP contribution in [0.2, 0.25) is 0 Å². The number of rotatable bonds is 5. The van der Waals surface area contributed by atoms with E-state index in [9.17, 15) is 4.79 Å². The lowest BCUT2D eigenvalue weighted by Crippen LogP contribution is -2.30. The summed E-state index contributed by atoms with van der Waals surface area (Å²) in [4.78, 5) is 27.9. The lowest BCUT2D eigenvalue weighted by Gasteiger charge is -2.25. The molecule has 1 amide bonds. The molecule has 1 aliphatic rings. The monoisotopic (exact) mass is 356 g/mol. The molecule has 3 rings (SSSR count). The van der Waals surface area contributed by atoms with Crippen molar-refractivity contribution in [2.45, 2.75) is 50.7 Å². The van der Waals surface area contributed by atoms with Crippen LogP contribution >= 0.6 is 11.8 Å². The zero-order chi connectivity index (χ0) is 17.8. The molecule has 1 unspecified atom stereocenters. The number of nitrogens with zero attached hydrogens (tertiary/aromatic N) is 4. The summed E-state index contributed by atoms with van der Waals surface area (Å²) in [6.45, 7) is 4.85. The molecule has 0 bridgehead atoms. The maximum Gasteiger partial charge on any atom is 0.223 e. The fourth-order valence-corrected chi connectivity index (χ4v) is 3.99. The lowest BCUT2D eigenvalue weighted by atomic mass is 10.0. The van der Waals surface area contributed by atoms with Crippen LogP contribution in [0.25, 0.3) is 0 Å². The summed E-state index contributed by atoms with van der Waals surface area (Å²) in [7, 11) is 0. The third kappa shape index (κ3) is 4.00. The van der Waals surface area contributed by atoms with Crippen LogP contribution in [-0.4, -0.2) is 38.6 Å². The number of aryl methyl sites for hydroxylation is 2. The number of aromatic nitrogens is 3. The van der Waals surface area contributed by atoms with E-state index >= 15 is 0 Å². The first-order valence-corrected chi connectivity index (χ1v) is 9.90. The zero-order valence-corrected chi connectivity index (χ0v) is 15.8. The summed E-state index contributed by atoms with van der Waals surface area (Å²) in [5.41, 5.74) is 4.25. The topological polar surface area (TPSA) is 59.0 Å². The van der Waals surface area contributed by atoms with Gasteiger partial charge in [0.1, 0.15) is 0 Å². The smallest absolute Gasteiger partial charge is 0.223 e. The summed E-state index contributed by atoms with van der Waals surface area (Å²) in [6, 6.07) is 4.21. The SMILES string of the molecule is CSc1nc(C)c(CCC(=O)N2CCCC2c2ccncc2)c(C)n1. The van der Waals surface area contributed by atoms with E-state index in [-0.39, 0.29) is 11.9 Å². The molecule has 0 spiro atoms. The highest BCUT2D eigenvalue weighted by atomic mass is 32.2. The van der Waals surface area contributed by atoms with Crippen molar-refractivity contribution in [2.75, 3.05) is 12.8 Å². The number of pyridine rings is 1. The minimum atomic E-state index is 0.188. The minimum absolute atomic E-state index is 0.188. The third-order valence-corrected chi connectivity index (χ3v) is 5.38. The molecule has 0 saturated carbocycles. The molecule has 0 aromatic carbocycles. The van der Waals surface area contributed by atoms with Crippen molar-refractivity contribution in [1.29, 1.82) is 0 Å². The van der Waals surface area contributed by atoms with Crippen LogP contribution in [0.1, 0.15) is 47.8 Å². The number of hydrogen-bond acceptors (Lipinski definition) is 5. The molecule has 25 heavy (non-hydrogen) atoms. The van der Waals surface area contributed by atoms with Gasteiger partial charge in [0.15, 0.2) is 5.16 Å². The van der Waals surface area contributed by atoms with Crippen LogP contribution in [-0.2, 0) is 11.2 Å². The minimum Gasteiger partial charge on any atom is -0.336 e. The number of likely N-dealkylation sites (tertiary alicyclic amines) is 1. The van der Waals surface area contributed by atoms with E-state index in [0.717, 1.165) is 41.5 Å². The second kappa shape index (κ2) is 7.95. The van der Waals surface area contributed by atoms with E-state index < -0.39 is 0 Å². The van der Waals surface area contributed by atoms with Crippen LogP contribution in [0.3, 0.4) is 0 Å². The molecule has 0 aliphatic carbocycles. The molecule has 3 heterocycles. The Labute approximate surface area is 153 Å². The van der Waals surface area contributed by atoms with Gasteiger partial charge in [-0.1, -0.05) is 11.8 Å². The van der Waals surface area contributed by atoms with Crippen molar-refractivity contribution in [3.8, 4) is 0 Å². The molecular formula is C19H24N4OS. The van der Waals surface area contributed by atoms with Gasteiger partial charge in [-0.15, -0.1) is 0 Å². The summed E-state index contributed by atoms with van der Waals surface area (Å²) in [6.07, 6.45) is 8.86. The van der Waals surface area contributed by atoms with Gasteiger partial charge >= 0.3 is 0 Å². The summed E-state index contributed by atoms with van der Waals surface area (Å²) >= 11 is 1.55. The third-order valence-electron chi connectivity index (χ3n) is 4.84. The number of carbonyl (C=O) groups excluding carboxylic acids is 1. The Morgan fingerprint density at radius 3 is 2.56 bits per heavy atom. The predicted octanol–water partition coefficient (Wildman–Crippen LogP) is 3.51. The average Bonchev–Trinajstić information content (AvgIpc) is 3.11. The van der Waals surface area contributed by atoms with Gasteiger partial charge in [0.25, 0.3) is 0 Å². The normalized spacial score (nSPS) is 17.1. The summed E-state index contributed by atoms with van der Waals surface area (Å²) in [5, 5.41) is 0.794. The number of amides is 1. The van der Waals surface area contributed by atoms with Gasteiger partial charge in [0.05, 0.1) is 6.04 Å². The largest absolute Gasteiger partial charge is 0.336 e. The Morgan fingerprint density at radius 1 is 1.24 bits per heavy atom. The standard InChI is InChI=1S/C19H24N4OS/c1-13-16(14(2)22-19(21-13)25-3)6-7-18(24)23-12-4-5-17(23)15-8-10-20-11-9-15/h8-11,17H,4-7,12H2,1-3H3. The van der Waals surface area contributed by atoms with Crippen molar-refractivity contribution >= 4 is 17.7 Å². The highest BCUT2D eigenvalue weighted by molar-refractivity contribution is 7.98. The molecule has 6 heteroatoms. The molecular weight excluding hydrogens is 332 g/mol. The lowest BCUT2D eigenvalue weighted by molar-refractivity contribution is -0.132.